The van der Waals surface area contributed by atoms with Crippen LogP contribution in [0.15, 0.2) is 18.5 Å². The van der Waals surface area contributed by atoms with Crippen molar-refractivity contribution >= 4 is 11.9 Å². The predicted octanol–water partition coefficient (Wildman–Crippen LogP) is 0.0989. The van der Waals surface area contributed by atoms with E-state index in [0.29, 0.717) is 18.5 Å². The van der Waals surface area contributed by atoms with E-state index in [1.54, 1.807) is 18.5 Å². The van der Waals surface area contributed by atoms with E-state index in [-0.39, 0.29) is 5.91 Å². The number of hydrogen-bond acceptors (Lipinski definition) is 5. The quantitative estimate of drug-likeness (QED) is 0.792. The van der Waals surface area contributed by atoms with Crippen molar-refractivity contribution in [1.82, 2.24) is 20.2 Å². The largest absolute Gasteiger partial charge is 0.317 e. The Bertz CT molecular complexity index is 377. The molecule has 0 aromatic carbocycles. The first kappa shape index (κ1) is 12.9. The van der Waals surface area contributed by atoms with E-state index in [4.69, 9.17) is 0 Å². The lowest BCUT2D eigenvalue weighted by molar-refractivity contribution is -0.117. The molecule has 1 saturated heterocycles. The Balaban J connectivity index is 1.79. The fraction of sp³-hybridized carbons (Fsp3) is 0.583. The van der Waals surface area contributed by atoms with Crippen molar-refractivity contribution in [3.05, 3.63) is 18.5 Å². The summed E-state index contributed by atoms with van der Waals surface area (Å²) in [6.07, 6.45) is 5.40. The summed E-state index contributed by atoms with van der Waals surface area (Å²) in [6, 6.07) is 2.20. The van der Waals surface area contributed by atoms with Crippen LogP contribution in [0.25, 0.3) is 0 Å². The van der Waals surface area contributed by atoms with Gasteiger partial charge in [0.2, 0.25) is 11.9 Å². The highest BCUT2D eigenvalue weighted by molar-refractivity contribution is 5.90. The molecule has 98 valence electrons. The number of amides is 1. The average Bonchev–Trinajstić information content (AvgIpc) is 2.40. The fourth-order valence-corrected chi connectivity index (χ4v) is 2.13. The molecule has 1 fully saturated rings. The van der Waals surface area contributed by atoms with Crippen LogP contribution in [0.2, 0.25) is 0 Å². The van der Waals surface area contributed by atoms with Crippen LogP contribution in [-0.2, 0) is 4.79 Å². The Hall–Kier alpha value is -1.53. The molecule has 0 saturated carbocycles. The minimum absolute atomic E-state index is 0.0674. The second kappa shape index (κ2) is 6.42. The summed E-state index contributed by atoms with van der Waals surface area (Å²) in [5.74, 6) is 0.295. The second-order valence-corrected chi connectivity index (χ2v) is 4.52. The van der Waals surface area contributed by atoms with Crippen molar-refractivity contribution in [1.29, 1.82) is 0 Å². The Morgan fingerprint density at radius 2 is 2.11 bits per heavy atom. The normalized spacial score (nSPS) is 16.8. The van der Waals surface area contributed by atoms with Crippen LogP contribution in [0.5, 0.6) is 0 Å². The molecular formula is C12H19N5O. The van der Waals surface area contributed by atoms with Crippen molar-refractivity contribution in [3.8, 4) is 0 Å². The van der Waals surface area contributed by atoms with Crippen molar-refractivity contribution < 1.29 is 4.79 Å². The molecule has 2 rings (SSSR count). The Morgan fingerprint density at radius 1 is 1.44 bits per heavy atom. The third-order valence-electron chi connectivity index (χ3n) is 3.14. The third-order valence-corrected chi connectivity index (χ3v) is 3.14. The molecule has 6 heteroatoms. The van der Waals surface area contributed by atoms with E-state index in [2.05, 4.69) is 25.5 Å². The number of likely N-dealkylation sites (N-methyl/N-ethyl adjacent to an activating group) is 1. The molecule has 18 heavy (non-hydrogen) atoms. The predicted molar refractivity (Wildman–Crippen MR) is 69.2 cm³/mol. The highest BCUT2D eigenvalue weighted by Gasteiger charge is 2.19. The maximum Gasteiger partial charge on any atom is 0.240 e. The summed E-state index contributed by atoms with van der Waals surface area (Å²) in [5.41, 5.74) is 0. The van der Waals surface area contributed by atoms with Gasteiger partial charge in [0.05, 0.1) is 6.54 Å². The summed E-state index contributed by atoms with van der Waals surface area (Å²) in [6.45, 7) is 2.43. The first-order valence-corrected chi connectivity index (χ1v) is 6.23. The van der Waals surface area contributed by atoms with Crippen LogP contribution < -0.4 is 10.6 Å². The van der Waals surface area contributed by atoms with E-state index < -0.39 is 0 Å². The lowest BCUT2D eigenvalue weighted by Gasteiger charge is -2.30. The second-order valence-electron chi connectivity index (χ2n) is 4.52. The first-order chi connectivity index (χ1) is 8.75. The zero-order valence-corrected chi connectivity index (χ0v) is 10.6. The Kier molecular flexibility index (Phi) is 4.60. The topological polar surface area (TPSA) is 70.2 Å². The highest BCUT2D eigenvalue weighted by atomic mass is 16.2. The molecule has 0 radical (unpaired) electrons. The summed E-state index contributed by atoms with van der Waals surface area (Å²) in [4.78, 5) is 21.8. The number of nitrogens with zero attached hydrogens (tertiary/aromatic N) is 3. The van der Waals surface area contributed by atoms with Gasteiger partial charge in [0.1, 0.15) is 0 Å². The van der Waals surface area contributed by atoms with Gasteiger partial charge in [-0.1, -0.05) is 0 Å². The maximum atomic E-state index is 11.8. The van der Waals surface area contributed by atoms with Crippen molar-refractivity contribution in [3.63, 3.8) is 0 Å². The molecule has 2 N–H and O–H groups in total. The van der Waals surface area contributed by atoms with Gasteiger partial charge in [-0.25, -0.2) is 9.97 Å². The van der Waals surface area contributed by atoms with Crippen LogP contribution in [0, 0.1) is 0 Å². The van der Waals surface area contributed by atoms with Crippen LogP contribution in [-0.4, -0.2) is 53.5 Å². The van der Waals surface area contributed by atoms with Gasteiger partial charge in [0.25, 0.3) is 0 Å². The summed E-state index contributed by atoms with van der Waals surface area (Å²) < 4.78 is 0. The van der Waals surface area contributed by atoms with E-state index in [0.717, 1.165) is 25.9 Å². The summed E-state index contributed by atoms with van der Waals surface area (Å²) >= 11 is 0. The van der Waals surface area contributed by atoms with E-state index in [1.165, 1.54) is 0 Å². The standard InChI is InChI=1S/C12H19N5O/c1-17(10-3-7-13-8-4-10)9-11(18)16-12-14-5-2-6-15-12/h2,5-6,10,13H,3-4,7-9H2,1H3,(H,14,15,16,18). The Morgan fingerprint density at radius 3 is 2.78 bits per heavy atom. The number of nitrogens with one attached hydrogen (secondary N) is 2. The molecule has 1 aliphatic heterocycles. The number of carbonyl (C=O) groups is 1. The van der Waals surface area contributed by atoms with Crippen LogP contribution in [0.3, 0.4) is 0 Å². The van der Waals surface area contributed by atoms with E-state index in [9.17, 15) is 4.79 Å². The molecule has 0 atom stereocenters. The van der Waals surface area contributed by atoms with Gasteiger partial charge in [-0.05, 0) is 39.0 Å². The lowest BCUT2D eigenvalue weighted by atomic mass is 10.1. The van der Waals surface area contributed by atoms with Crippen molar-refractivity contribution in [2.75, 3.05) is 32.0 Å². The van der Waals surface area contributed by atoms with Gasteiger partial charge in [0, 0.05) is 18.4 Å². The fourth-order valence-electron chi connectivity index (χ4n) is 2.13. The van der Waals surface area contributed by atoms with Crippen molar-refractivity contribution in [2.24, 2.45) is 0 Å². The highest BCUT2D eigenvalue weighted by Crippen LogP contribution is 2.09. The molecule has 1 amide bonds. The van der Waals surface area contributed by atoms with Gasteiger partial charge in [0.15, 0.2) is 0 Å². The monoisotopic (exact) mass is 249 g/mol. The molecular weight excluding hydrogens is 230 g/mol. The maximum absolute atomic E-state index is 11.8. The lowest BCUT2D eigenvalue weighted by Crippen LogP contribution is -2.44. The average molecular weight is 249 g/mol. The minimum atomic E-state index is -0.0674. The number of carbonyl (C=O) groups excluding carboxylic acids is 1. The zero-order valence-electron chi connectivity index (χ0n) is 10.6. The molecule has 0 aliphatic carbocycles. The van der Waals surface area contributed by atoms with Crippen LogP contribution >= 0.6 is 0 Å². The SMILES string of the molecule is CN(CC(=O)Nc1ncccn1)C1CCNCC1. The number of piperidine rings is 1. The molecule has 2 heterocycles. The summed E-state index contributed by atoms with van der Waals surface area (Å²) in [7, 11) is 1.99. The van der Waals surface area contributed by atoms with Gasteiger partial charge in [-0.15, -0.1) is 0 Å². The van der Waals surface area contributed by atoms with E-state index in [1.807, 2.05) is 7.05 Å². The van der Waals surface area contributed by atoms with Gasteiger partial charge in [-0.2, -0.15) is 0 Å². The smallest absolute Gasteiger partial charge is 0.240 e. The summed E-state index contributed by atoms with van der Waals surface area (Å²) in [5, 5.41) is 6.01. The molecule has 0 unspecified atom stereocenters. The molecule has 0 spiro atoms. The number of rotatable bonds is 4. The third kappa shape index (κ3) is 3.75. The zero-order chi connectivity index (χ0) is 12.8. The molecule has 0 bridgehead atoms. The number of anilines is 1. The minimum Gasteiger partial charge on any atom is -0.317 e. The van der Waals surface area contributed by atoms with Crippen molar-refractivity contribution in [2.45, 2.75) is 18.9 Å². The Labute approximate surface area is 107 Å². The van der Waals surface area contributed by atoms with Crippen LogP contribution in [0.1, 0.15) is 12.8 Å². The molecule has 1 aromatic heterocycles. The van der Waals surface area contributed by atoms with Gasteiger partial charge >= 0.3 is 0 Å². The molecule has 1 aromatic rings. The molecule has 1 aliphatic rings. The number of hydrogen-bond donors (Lipinski definition) is 2. The van der Waals surface area contributed by atoms with Gasteiger partial charge < -0.3 is 5.32 Å². The van der Waals surface area contributed by atoms with Crippen LogP contribution in [0.4, 0.5) is 5.95 Å². The van der Waals surface area contributed by atoms with Gasteiger partial charge in [-0.3, -0.25) is 15.0 Å². The van der Waals surface area contributed by atoms with E-state index >= 15 is 0 Å². The molecule has 6 nitrogen and oxygen atoms in total. The number of aromatic nitrogens is 2. The first-order valence-electron chi connectivity index (χ1n) is 6.23.